The largest absolute Gasteiger partial charge is 0.507 e. The van der Waals surface area contributed by atoms with Gasteiger partial charge in [-0.05, 0) is 33.6 Å². The van der Waals surface area contributed by atoms with Crippen molar-refractivity contribution in [3.63, 3.8) is 0 Å². The molecule has 2 aromatic rings. The number of nitrogens with zero attached hydrogens (tertiary/aromatic N) is 2. The maximum Gasteiger partial charge on any atom is 0.129 e. The van der Waals surface area contributed by atoms with Gasteiger partial charge in [-0.3, -0.25) is 4.68 Å². The van der Waals surface area contributed by atoms with Gasteiger partial charge in [0.25, 0.3) is 0 Å². The van der Waals surface area contributed by atoms with Gasteiger partial charge >= 0.3 is 0 Å². The summed E-state index contributed by atoms with van der Waals surface area (Å²) < 4.78 is 7.53. The van der Waals surface area contributed by atoms with Crippen LogP contribution < -0.4 is 5.32 Å². The molecule has 0 saturated heterocycles. The highest BCUT2D eigenvalue weighted by Gasteiger charge is 2.01. The first-order valence-electron chi connectivity index (χ1n) is 5.91. The molecule has 102 valence electrons. The van der Waals surface area contributed by atoms with E-state index in [9.17, 15) is 5.11 Å². The van der Waals surface area contributed by atoms with Gasteiger partial charge in [-0.1, -0.05) is 6.07 Å². The van der Waals surface area contributed by atoms with E-state index in [1.54, 1.807) is 19.4 Å². The van der Waals surface area contributed by atoms with Crippen molar-refractivity contribution in [2.24, 2.45) is 0 Å². The third kappa shape index (κ3) is 3.97. The molecular formula is C13H16BrN3O2. The first kappa shape index (κ1) is 13.9. The fourth-order valence-electron chi connectivity index (χ4n) is 1.63. The summed E-state index contributed by atoms with van der Waals surface area (Å²) in [5, 5.41) is 16.9. The molecule has 0 unspecified atom stereocenters. The lowest BCUT2D eigenvalue weighted by Gasteiger charge is -2.05. The summed E-state index contributed by atoms with van der Waals surface area (Å²) in [5.41, 5.74) is 2.04. The fraction of sp³-hybridized carbons (Fsp3) is 0.308. The van der Waals surface area contributed by atoms with Crippen LogP contribution in [0.4, 0.5) is 5.69 Å². The molecule has 0 aliphatic heterocycles. The van der Waals surface area contributed by atoms with Gasteiger partial charge in [-0.25, -0.2) is 0 Å². The summed E-state index contributed by atoms with van der Waals surface area (Å²) in [6, 6.07) is 5.43. The zero-order valence-electron chi connectivity index (χ0n) is 10.6. The Kier molecular flexibility index (Phi) is 4.81. The Morgan fingerprint density at radius 2 is 2.32 bits per heavy atom. The monoisotopic (exact) mass is 325 g/mol. The molecule has 0 atom stereocenters. The molecule has 0 aliphatic rings. The quantitative estimate of drug-likeness (QED) is 0.857. The van der Waals surface area contributed by atoms with Gasteiger partial charge in [0.15, 0.2) is 0 Å². The topological polar surface area (TPSA) is 59.3 Å². The lowest BCUT2D eigenvalue weighted by molar-refractivity contribution is 0.183. The highest BCUT2D eigenvalue weighted by atomic mass is 79.9. The van der Waals surface area contributed by atoms with E-state index < -0.39 is 0 Å². The highest BCUT2D eigenvalue weighted by molar-refractivity contribution is 9.10. The Morgan fingerprint density at radius 3 is 3.05 bits per heavy atom. The van der Waals surface area contributed by atoms with Gasteiger partial charge in [0, 0.05) is 19.9 Å². The van der Waals surface area contributed by atoms with Gasteiger partial charge in [0.1, 0.15) is 5.75 Å². The van der Waals surface area contributed by atoms with E-state index in [2.05, 4.69) is 26.3 Å². The van der Waals surface area contributed by atoms with Crippen LogP contribution in [-0.2, 0) is 17.8 Å². The average molecular weight is 326 g/mol. The van der Waals surface area contributed by atoms with Crippen molar-refractivity contribution in [1.82, 2.24) is 9.78 Å². The summed E-state index contributed by atoms with van der Waals surface area (Å²) in [4.78, 5) is 0. The maximum absolute atomic E-state index is 9.42. The fourth-order valence-corrected chi connectivity index (χ4v) is 2.05. The molecule has 1 aromatic carbocycles. The Bertz CT molecular complexity index is 542. The van der Waals surface area contributed by atoms with Crippen LogP contribution in [0, 0.1) is 0 Å². The van der Waals surface area contributed by atoms with E-state index >= 15 is 0 Å². The van der Waals surface area contributed by atoms with Crippen LogP contribution in [-0.4, -0.2) is 28.6 Å². The van der Waals surface area contributed by atoms with Crippen LogP contribution in [0.25, 0.3) is 0 Å². The number of ether oxygens (including phenoxy) is 1. The number of nitrogens with one attached hydrogen (secondary N) is 1. The van der Waals surface area contributed by atoms with Crippen LogP contribution in [0.15, 0.2) is 35.1 Å². The SMILES string of the molecule is COCCn1cc(NCc2ccc(O)c(Br)c2)cn1. The lowest BCUT2D eigenvalue weighted by Crippen LogP contribution is -2.04. The summed E-state index contributed by atoms with van der Waals surface area (Å²) >= 11 is 3.30. The Hall–Kier alpha value is -1.53. The van der Waals surface area contributed by atoms with Gasteiger partial charge in [-0.2, -0.15) is 5.10 Å². The first-order valence-corrected chi connectivity index (χ1v) is 6.71. The van der Waals surface area contributed by atoms with Crippen molar-refractivity contribution >= 4 is 21.6 Å². The maximum atomic E-state index is 9.42. The number of anilines is 1. The number of benzene rings is 1. The van der Waals surface area contributed by atoms with E-state index in [-0.39, 0.29) is 5.75 Å². The van der Waals surface area contributed by atoms with Crippen LogP contribution in [0.2, 0.25) is 0 Å². The molecule has 1 aromatic heterocycles. The molecule has 6 heteroatoms. The molecule has 0 aliphatic carbocycles. The Labute approximate surface area is 120 Å². The molecule has 0 bridgehead atoms. The number of aromatic hydroxyl groups is 1. The van der Waals surface area contributed by atoms with Crippen LogP contribution in [0.3, 0.4) is 0 Å². The molecule has 0 radical (unpaired) electrons. The van der Waals surface area contributed by atoms with E-state index in [0.29, 0.717) is 17.6 Å². The van der Waals surface area contributed by atoms with Crippen molar-refractivity contribution in [3.8, 4) is 5.75 Å². The van der Waals surface area contributed by atoms with Crippen LogP contribution in [0.1, 0.15) is 5.56 Å². The molecule has 0 saturated carbocycles. The van der Waals surface area contributed by atoms with Crippen molar-refractivity contribution in [1.29, 1.82) is 0 Å². The number of methoxy groups -OCH3 is 1. The highest BCUT2D eigenvalue weighted by Crippen LogP contribution is 2.24. The third-order valence-electron chi connectivity index (χ3n) is 2.67. The molecule has 0 fully saturated rings. The zero-order valence-corrected chi connectivity index (χ0v) is 12.2. The first-order chi connectivity index (χ1) is 9.19. The van der Waals surface area contributed by atoms with Crippen molar-refractivity contribution < 1.29 is 9.84 Å². The number of aromatic nitrogens is 2. The lowest BCUT2D eigenvalue weighted by atomic mass is 10.2. The number of hydrogen-bond donors (Lipinski definition) is 2. The second kappa shape index (κ2) is 6.58. The third-order valence-corrected chi connectivity index (χ3v) is 3.30. The second-order valence-electron chi connectivity index (χ2n) is 4.12. The molecule has 2 N–H and O–H groups in total. The van der Waals surface area contributed by atoms with E-state index in [1.807, 2.05) is 23.0 Å². The predicted molar refractivity (Wildman–Crippen MR) is 77.2 cm³/mol. The molecule has 0 spiro atoms. The molecular weight excluding hydrogens is 310 g/mol. The van der Waals surface area contributed by atoms with E-state index in [4.69, 9.17) is 4.74 Å². The normalized spacial score (nSPS) is 10.6. The minimum absolute atomic E-state index is 0.246. The number of phenolic OH excluding ortho intramolecular Hbond substituents is 1. The molecule has 0 amide bonds. The van der Waals surface area contributed by atoms with Gasteiger partial charge in [0.2, 0.25) is 0 Å². The van der Waals surface area contributed by atoms with Gasteiger partial charge in [0.05, 0.1) is 29.5 Å². The van der Waals surface area contributed by atoms with Gasteiger partial charge < -0.3 is 15.2 Å². The van der Waals surface area contributed by atoms with Crippen molar-refractivity contribution in [2.45, 2.75) is 13.1 Å². The summed E-state index contributed by atoms with van der Waals surface area (Å²) in [5.74, 6) is 0.246. The predicted octanol–water partition coefficient (Wildman–Crippen LogP) is 2.61. The number of phenols is 1. The minimum atomic E-state index is 0.246. The number of hydrogen-bond acceptors (Lipinski definition) is 4. The van der Waals surface area contributed by atoms with E-state index in [0.717, 1.165) is 17.8 Å². The summed E-state index contributed by atoms with van der Waals surface area (Å²) in [6.45, 7) is 2.06. The standard InChI is InChI=1S/C13H16BrN3O2/c1-19-5-4-17-9-11(8-16-17)15-7-10-2-3-13(18)12(14)6-10/h2-3,6,8-9,15,18H,4-5,7H2,1H3. The number of rotatable bonds is 6. The van der Waals surface area contributed by atoms with Crippen LogP contribution >= 0.6 is 15.9 Å². The van der Waals surface area contributed by atoms with E-state index in [1.165, 1.54) is 0 Å². The zero-order chi connectivity index (χ0) is 13.7. The van der Waals surface area contributed by atoms with Crippen molar-refractivity contribution in [3.05, 3.63) is 40.6 Å². The molecule has 1 heterocycles. The summed E-state index contributed by atoms with van der Waals surface area (Å²) in [7, 11) is 1.67. The number of halogens is 1. The van der Waals surface area contributed by atoms with Crippen LogP contribution in [0.5, 0.6) is 5.75 Å². The summed E-state index contributed by atoms with van der Waals surface area (Å²) in [6.07, 6.45) is 3.72. The van der Waals surface area contributed by atoms with Gasteiger partial charge in [-0.15, -0.1) is 0 Å². The molecule has 19 heavy (non-hydrogen) atoms. The minimum Gasteiger partial charge on any atom is -0.507 e. The molecule has 5 nitrogen and oxygen atoms in total. The second-order valence-corrected chi connectivity index (χ2v) is 4.98. The average Bonchev–Trinajstić information content (AvgIpc) is 2.86. The smallest absolute Gasteiger partial charge is 0.129 e. The molecule has 2 rings (SSSR count). The Balaban J connectivity index is 1.91. The Morgan fingerprint density at radius 1 is 1.47 bits per heavy atom. The van der Waals surface area contributed by atoms with Crippen molar-refractivity contribution in [2.75, 3.05) is 19.0 Å².